The minimum absolute atomic E-state index is 0.0632. The molecule has 2 aromatic carbocycles. The Hall–Kier alpha value is -3.32. The first-order valence-corrected chi connectivity index (χ1v) is 9.41. The number of halogens is 1. The number of thiocarbonyl (C=S) groups is 1. The Morgan fingerprint density at radius 2 is 1.59 bits per heavy atom. The summed E-state index contributed by atoms with van der Waals surface area (Å²) >= 11 is 5.14. The zero-order valence-corrected chi connectivity index (χ0v) is 16.7. The lowest BCUT2D eigenvalue weighted by Gasteiger charge is -2.31. The number of amides is 2. The minimum atomic E-state index is -0.423. The van der Waals surface area contributed by atoms with Crippen LogP contribution in [0, 0.1) is 5.82 Å². The van der Waals surface area contributed by atoms with Crippen molar-refractivity contribution < 1.29 is 14.0 Å². The molecule has 0 unspecified atom stereocenters. The fraction of sp³-hybridized carbons (Fsp3) is 0.136. The zero-order chi connectivity index (χ0) is 20.7. The molecule has 0 radical (unpaired) electrons. The number of carbonyl (C=O) groups excluding carboxylic acids is 2. The van der Waals surface area contributed by atoms with Crippen molar-refractivity contribution in [3.8, 4) is 0 Å². The van der Waals surface area contributed by atoms with Gasteiger partial charge in [-0.3, -0.25) is 19.4 Å². The largest absolute Gasteiger partial charge is 0.342 e. The van der Waals surface area contributed by atoms with E-state index < -0.39 is 11.8 Å². The maximum atomic E-state index is 13.2. The summed E-state index contributed by atoms with van der Waals surface area (Å²) in [5, 5.41) is 1.09. The molecule has 1 saturated heterocycles. The third kappa shape index (κ3) is 3.34. The van der Waals surface area contributed by atoms with Gasteiger partial charge >= 0.3 is 0 Å². The quantitative estimate of drug-likeness (QED) is 0.380. The summed E-state index contributed by atoms with van der Waals surface area (Å²) in [7, 11) is 3.11. The van der Waals surface area contributed by atoms with Crippen molar-refractivity contribution in [3.05, 3.63) is 77.2 Å². The van der Waals surface area contributed by atoms with Gasteiger partial charge in [-0.15, -0.1) is 0 Å². The summed E-state index contributed by atoms with van der Waals surface area (Å²) in [5.41, 5.74) is 2.72. The number of benzene rings is 2. The Labute approximate surface area is 172 Å². The Balaban J connectivity index is 1.79. The summed E-state index contributed by atoms with van der Waals surface area (Å²) < 4.78 is 15.2. The fourth-order valence-electron chi connectivity index (χ4n) is 3.44. The summed E-state index contributed by atoms with van der Waals surface area (Å²) in [6, 6.07) is 14.1. The third-order valence-corrected chi connectivity index (χ3v) is 5.58. The number of rotatable bonds is 3. The molecule has 1 aliphatic heterocycles. The molecular weight excluding hydrogens is 389 g/mol. The second kappa shape index (κ2) is 7.25. The van der Waals surface area contributed by atoms with E-state index in [0.717, 1.165) is 22.0 Å². The van der Waals surface area contributed by atoms with Crippen molar-refractivity contribution in [1.29, 1.82) is 0 Å². The van der Waals surface area contributed by atoms with Crippen LogP contribution >= 0.6 is 12.2 Å². The smallest absolute Gasteiger partial charge is 0.265 e. The molecule has 0 spiro atoms. The molecule has 146 valence electrons. The van der Waals surface area contributed by atoms with E-state index >= 15 is 0 Å². The van der Waals surface area contributed by atoms with Crippen LogP contribution in [0.15, 0.2) is 60.3 Å². The van der Waals surface area contributed by atoms with E-state index in [4.69, 9.17) is 12.2 Å². The first-order chi connectivity index (χ1) is 13.9. The molecule has 0 atom stereocenters. The van der Waals surface area contributed by atoms with Crippen LogP contribution in [0.5, 0.6) is 0 Å². The summed E-state index contributed by atoms with van der Waals surface area (Å²) in [6.45, 7) is 0.537. The van der Waals surface area contributed by atoms with Crippen molar-refractivity contribution in [3.63, 3.8) is 0 Å². The number of fused-ring (bicyclic) bond motifs is 1. The molecule has 7 heteroatoms. The predicted molar refractivity (Wildman–Crippen MR) is 114 cm³/mol. The van der Waals surface area contributed by atoms with E-state index in [9.17, 15) is 14.0 Å². The van der Waals surface area contributed by atoms with E-state index in [2.05, 4.69) is 0 Å². The van der Waals surface area contributed by atoms with Gasteiger partial charge in [-0.1, -0.05) is 30.3 Å². The van der Waals surface area contributed by atoms with Gasteiger partial charge in [-0.05, 0) is 42.1 Å². The molecule has 4 rings (SSSR count). The lowest BCUT2D eigenvalue weighted by molar-refractivity contribution is -0.132. The SMILES string of the molecule is CN1C(=O)C(=Cc2cn(Cc3ccc(F)cc3)c3ccccc23)C(=O)N(C)C1=S. The summed E-state index contributed by atoms with van der Waals surface area (Å²) in [6.07, 6.45) is 3.51. The molecule has 3 aromatic rings. The number of aromatic nitrogens is 1. The first-order valence-electron chi connectivity index (χ1n) is 9.01. The van der Waals surface area contributed by atoms with Crippen LogP contribution in [-0.2, 0) is 16.1 Å². The van der Waals surface area contributed by atoms with Crippen LogP contribution in [0.3, 0.4) is 0 Å². The van der Waals surface area contributed by atoms with Crippen molar-refractivity contribution in [2.75, 3.05) is 14.1 Å². The topological polar surface area (TPSA) is 45.6 Å². The highest BCUT2D eigenvalue weighted by atomic mass is 32.1. The van der Waals surface area contributed by atoms with Gasteiger partial charge < -0.3 is 4.57 Å². The molecule has 2 amide bonds. The number of hydrogen-bond acceptors (Lipinski definition) is 3. The van der Waals surface area contributed by atoms with Gasteiger partial charge in [0.15, 0.2) is 5.11 Å². The van der Waals surface area contributed by atoms with Crippen LogP contribution in [0.2, 0.25) is 0 Å². The molecule has 1 fully saturated rings. The number of para-hydroxylation sites is 1. The van der Waals surface area contributed by atoms with Gasteiger partial charge in [0, 0.05) is 43.3 Å². The fourth-order valence-corrected chi connectivity index (χ4v) is 3.60. The van der Waals surface area contributed by atoms with Crippen molar-refractivity contribution in [2.24, 2.45) is 0 Å². The van der Waals surface area contributed by atoms with Gasteiger partial charge in [0.25, 0.3) is 11.8 Å². The maximum Gasteiger partial charge on any atom is 0.265 e. The molecule has 0 aliphatic carbocycles. The number of hydrogen-bond donors (Lipinski definition) is 0. The molecule has 0 bridgehead atoms. The van der Waals surface area contributed by atoms with Gasteiger partial charge in [0.05, 0.1) is 0 Å². The van der Waals surface area contributed by atoms with E-state index in [1.807, 2.05) is 35.0 Å². The van der Waals surface area contributed by atoms with Gasteiger partial charge in [-0.25, -0.2) is 4.39 Å². The highest BCUT2D eigenvalue weighted by Gasteiger charge is 2.35. The van der Waals surface area contributed by atoms with Crippen LogP contribution in [-0.4, -0.2) is 45.4 Å². The molecule has 0 N–H and O–H groups in total. The normalized spacial score (nSPS) is 14.9. The first kappa shape index (κ1) is 19.0. The van der Waals surface area contributed by atoms with Crippen LogP contribution in [0.1, 0.15) is 11.1 Å². The zero-order valence-electron chi connectivity index (χ0n) is 15.9. The third-order valence-electron chi connectivity index (χ3n) is 5.03. The summed E-state index contributed by atoms with van der Waals surface area (Å²) in [4.78, 5) is 27.9. The van der Waals surface area contributed by atoms with E-state index in [1.54, 1.807) is 32.3 Å². The maximum absolute atomic E-state index is 13.2. The monoisotopic (exact) mass is 407 g/mol. The number of carbonyl (C=O) groups is 2. The molecule has 29 heavy (non-hydrogen) atoms. The van der Waals surface area contributed by atoms with E-state index in [-0.39, 0.29) is 16.5 Å². The van der Waals surface area contributed by atoms with Crippen molar-refractivity contribution in [2.45, 2.75) is 6.54 Å². The van der Waals surface area contributed by atoms with Crippen molar-refractivity contribution in [1.82, 2.24) is 14.4 Å². The second-order valence-electron chi connectivity index (χ2n) is 6.92. The molecule has 2 heterocycles. The Kier molecular flexibility index (Phi) is 4.76. The standard InChI is InChI=1S/C22H18FN3O2S/c1-24-20(27)18(21(28)25(2)22(24)29)11-15-13-26(19-6-4-3-5-17(15)19)12-14-7-9-16(23)10-8-14/h3-11,13H,12H2,1-2H3. The average molecular weight is 407 g/mol. The lowest BCUT2D eigenvalue weighted by atomic mass is 10.1. The highest BCUT2D eigenvalue weighted by Crippen LogP contribution is 2.26. The number of nitrogens with zero attached hydrogens (tertiary/aromatic N) is 3. The average Bonchev–Trinajstić information content (AvgIpc) is 3.07. The molecule has 1 aromatic heterocycles. The van der Waals surface area contributed by atoms with Crippen LogP contribution in [0.25, 0.3) is 17.0 Å². The van der Waals surface area contributed by atoms with Crippen LogP contribution in [0.4, 0.5) is 4.39 Å². The molecular formula is C22H18FN3O2S. The summed E-state index contributed by atoms with van der Waals surface area (Å²) in [5.74, 6) is -1.13. The van der Waals surface area contributed by atoms with Gasteiger partial charge in [0.1, 0.15) is 11.4 Å². The second-order valence-corrected chi connectivity index (χ2v) is 7.29. The lowest BCUT2D eigenvalue weighted by Crippen LogP contribution is -2.52. The molecule has 1 aliphatic rings. The van der Waals surface area contributed by atoms with E-state index in [0.29, 0.717) is 6.54 Å². The van der Waals surface area contributed by atoms with Gasteiger partial charge in [0.2, 0.25) is 0 Å². The minimum Gasteiger partial charge on any atom is -0.342 e. The predicted octanol–water partition coefficient (Wildman–Crippen LogP) is 3.43. The Morgan fingerprint density at radius 1 is 0.966 bits per heavy atom. The van der Waals surface area contributed by atoms with E-state index in [1.165, 1.54) is 21.9 Å². The highest BCUT2D eigenvalue weighted by molar-refractivity contribution is 7.80. The Bertz CT molecular complexity index is 1150. The van der Waals surface area contributed by atoms with Crippen LogP contribution < -0.4 is 0 Å². The van der Waals surface area contributed by atoms with Gasteiger partial charge in [-0.2, -0.15) is 0 Å². The number of likely N-dealkylation sites (N-methyl/N-ethyl adjacent to an activating group) is 2. The molecule has 5 nitrogen and oxygen atoms in total. The Morgan fingerprint density at radius 3 is 2.24 bits per heavy atom. The molecule has 0 saturated carbocycles. The van der Waals surface area contributed by atoms with Crippen molar-refractivity contribution >= 4 is 46.1 Å².